The van der Waals surface area contributed by atoms with E-state index in [1.807, 2.05) is 0 Å². The molecule has 1 atom stereocenters. The summed E-state index contributed by atoms with van der Waals surface area (Å²) >= 11 is 0. The van der Waals surface area contributed by atoms with Gasteiger partial charge in [0.15, 0.2) is 0 Å². The van der Waals surface area contributed by atoms with E-state index >= 15 is 0 Å². The van der Waals surface area contributed by atoms with Crippen LogP contribution in [0, 0.1) is 5.92 Å². The van der Waals surface area contributed by atoms with Crippen LogP contribution >= 0.6 is 0 Å². The zero-order chi connectivity index (χ0) is 15.6. The summed E-state index contributed by atoms with van der Waals surface area (Å²) in [5, 5.41) is 11.6. The molecule has 0 radical (unpaired) electrons. The predicted octanol–water partition coefficient (Wildman–Crippen LogP) is -0.762. The van der Waals surface area contributed by atoms with E-state index < -0.39 is 28.1 Å². The quantitative estimate of drug-likeness (QED) is 0.708. The van der Waals surface area contributed by atoms with Crippen LogP contribution in [-0.2, 0) is 19.8 Å². The van der Waals surface area contributed by atoms with Crippen LogP contribution in [-0.4, -0.2) is 66.2 Å². The second-order valence-electron chi connectivity index (χ2n) is 5.35. The number of aliphatic carboxylic acids is 1. The number of carboxylic acid groups (broad SMARTS) is 1. The van der Waals surface area contributed by atoms with Crippen LogP contribution in [0.1, 0.15) is 26.2 Å². The molecule has 9 heteroatoms. The molecule has 120 valence electrons. The number of nitrogens with zero attached hydrogens (tertiary/aromatic N) is 2. The third kappa shape index (κ3) is 3.19. The third-order valence-corrected chi connectivity index (χ3v) is 6.14. The maximum absolute atomic E-state index is 12.7. The summed E-state index contributed by atoms with van der Waals surface area (Å²) in [6.07, 6.45) is 1.04. The van der Waals surface area contributed by atoms with Crippen LogP contribution < -0.4 is 5.32 Å². The highest BCUT2D eigenvalue weighted by Crippen LogP contribution is 2.24. The van der Waals surface area contributed by atoms with E-state index in [9.17, 15) is 18.0 Å². The number of carbonyl (C=O) groups is 2. The maximum atomic E-state index is 12.7. The Morgan fingerprint density at radius 1 is 1.33 bits per heavy atom. The van der Waals surface area contributed by atoms with Gasteiger partial charge in [0.1, 0.15) is 6.04 Å². The average molecular weight is 319 g/mol. The minimum absolute atomic E-state index is 0.188. The first kappa shape index (κ1) is 16.2. The first-order valence-corrected chi connectivity index (χ1v) is 8.55. The predicted molar refractivity (Wildman–Crippen MR) is 74.6 cm³/mol. The highest BCUT2D eigenvalue weighted by atomic mass is 32.2. The van der Waals surface area contributed by atoms with Gasteiger partial charge in [-0.1, -0.05) is 6.92 Å². The summed E-state index contributed by atoms with van der Waals surface area (Å²) in [7, 11) is -3.72. The Hall–Kier alpha value is -1.19. The van der Waals surface area contributed by atoms with Crippen LogP contribution in [0.2, 0.25) is 0 Å². The molecular weight excluding hydrogens is 298 g/mol. The third-order valence-electron chi connectivity index (χ3n) is 4.09. The van der Waals surface area contributed by atoms with Gasteiger partial charge in [-0.15, -0.1) is 0 Å². The molecule has 21 heavy (non-hydrogen) atoms. The molecule has 2 aliphatic heterocycles. The minimum atomic E-state index is -3.72. The number of nitrogens with one attached hydrogen (secondary N) is 1. The molecule has 2 fully saturated rings. The Morgan fingerprint density at radius 3 is 2.48 bits per heavy atom. The Kier molecular flexibility index (Phi) is 4.84. The molecule has 2 N–H and O–H groups in total. The van der Waals surface area contributed by atoms with Crippen molar-refractivity contribution in [3.8, 4) is 0 Å². The van der Waals surface area contributed by atoms with E-state index in [-0.39, 0.29) is 25.5 Å². The zero-order valence-corrected chi connectivity index (χ0v) is 12.8. The Morgan fingerprint density at radius 2 is 1.95 bits per heavy atom. The smallest absolute Gasteiger partial charge is 0.306 e. The van der Waals surface area contributed by atoms with Crippen LogP contribution in [0.5, 0.6) is 0 Å². The van der Waals surface area contributed by atoms with Gasteiger partial charge < -0.3 is 10.4 Å². The van der Waals surface area contributed by atoms with Crippen molar-refractivity contribution >= 4 is 22.1 Å². The average Bonchev–Trinajstić information content (AvgIpc) is 2.47. The lowest BCUT2D eigenvalue weighted by Gasteiger charge is -2.38. The Bertz CT molecular complexity index is 513. The lowest BCUT2D eigenvalue weighted by Crippen LogP contribution is -2.60. The molecular formula is C12H21N3O5S. The zero-order valence-electron chi connectivity index (χ0n) is 12.0. The number of hydrogen-bond donors (Lipinski definition) is 2. The van der Waals surface area contributed by atoms with Gasteiger partial charge in [0.05, 0.1) is 5.92 Å². The van der Waals surface area contributed by atoms with E-state index in [2.05, 4.69) is 5.32 Å². The van der Waals surface area contributed by atoms with Crippen molar-refractivity contribution in [1.82, 2.24) is 13.9 Å². The summed E-state index contributed by atoms with van der Waals surface area (Å²) < 4.78 is 27.9. The van der Waals surface area contributed by atoms with Crippen molar-refractivity contribution in [2.24, 2.45) is 5.92 Å². The summed E-state index contributed by atoms with van der Waals surface area (Å²) in [6, 6.07) is -0.680. The molecule has 0 saturated carbocycles. The monoisotopic (exact) mass is 319 g/mol. The highest BCUT2D eigenvalue weighted by Gasteiger charge is 2.41. The van der Waals surface area contributed by atoms with E-state index in [1.54, 1.807) is 6.92 Å². The van der Waals surface area contributed by atoms with Gasteiger partial charge in [-0.3, -0.25) is 9.59 Å². The number of rotatable bonds is 4. The number of amides is 1. The highest BCUT2D eigenvalue weighted by molar-refractivity contribution is 7.86. The number of piperidine rings is 1. The van der Waals surface area contributed by atoms with Gasteiger partial charge >= 0.3 is 5.97 Å². The molecule has 8 nitrogen and oxygen atoms in total. The molecule has 2 rings (SSSR count). The van der Waals surface area contributed by atoms with Gasteiger partial charge in [0.25, 0.3) is 10.2 Å². The van der Waals surface area contributed by atoms with Crippen molar-refractivity contribution in [2.45, 2.75) is 32.2 Å². The molecule has 2 saturated heterocycles. The van der Waals surface area contributed by atoms with Gasteiger partial charge in [0.2, 0.25) is 5.91 Å². The fourth-order valence-corrected chi connectivity index (χ4v) is 4.70. The van der Waals surface area contributed by atoms with E-state index in [0.717, 1.165) is 0 Å². The number of carboxylic acids is 1. The minimum Gasteiger partial charge on any atom is -0.481 e. The molecule has 0 aromatic heterocycles. The molecule has 1 unspecified atom stereocenters. The normalized spacial score (nSPS) is 26.5. The Labute approximate surface area is 124 Å². The van der Waals surface area contributed by atoms with Gasteiger partial charge in [0, 0.05) is 26.2 Å². The van der Waals surface area contributed by atoms with Crippen LogP contribution in [0.15, 0.2) is 0 Å². The van der Waals surface area contributed by atoms with Crippen molar-refractivity contribution in [3.05, 3.63) is 0 Å². The van der Waals surface area contributed by atoms with E-state index in [4.69, 9.17) is 5.11 Å². The summed E-state index contributed by atoms with van der Waals surface area (Å²) in [6.45, 7) is 2.71. The molecule has 2 aliphatic rings. The van der Waals surface area contributed by atoms with Crippen molar-refractivity contribution < 1.29 is 23.1 Å². The first-order chi connectivity index (χ1) is 9.87. The standard InChI is InChI=1S/C12H21N3O5S/c1-2-10-11(16)13-5-8-15(10)21(19,20)14-6-3-9(4-7-14)12(17)18/h9-10H,2-8H2,1H3,(H,13,16)(H,17,18). The maximum Gasteiger partial charge on any atom is 0.306 e. The fraction of sp³-hybridized carbons (Fsp3) is 0.833. The second-order valence-corrected chi connectivity index (χ2v) is 7.23. The molecule has 0 bridgehead atoms. The second kappa shape index (κ2) is 6.29. The molecule has 2 heterocycles. The molecule has 0 spiro atoms. The summed E-state index contributed by atoms with van der Waals surface area (Å²) in [4.78, 5) is 22.7. The van der Waals surface area contributed by atoms with Gasteiger partial charge in [-0.05, 0) is 19.3 Å². The Balaban J connectivity index is 2.11. The van der Waals surface area contributed by atoms with Crippen molar-refractivity contribution in [1.29, 1.82) is 0 Å². The molecule has 0 aromatic carbocycles. The topological polar surface area (TPSA) is 107 Å². The van der Waals surface area contributed by atoms with Crippen LogP contribution in [0.25, 0.3) is 0 Å². The lowest BCUT2D eigenvalue weighted by molar-refractivity contribution is -0.142. The van der Waals surface area contributed by atoms with Crippen molar-refractivity contribution in [3.63, 3.8) is 0 Å². The molecule has 1 amide bonds. The molecule has 0 aromatic rings. The van der Waals surface area contributed by atoms with Crippen LogP contribution in [0.4, 0.5) is 0 Å². The number of piperazine rings is 1. The first-order valence-electron chi connectivity index (χ1n) is 7.15. The summed E-state index contributed by atoms with van der Waals surface area (Å²) in [5.74, 6) is -1.63. The van der Waals surface area contributed by atoms with Crippen molar-refractivity contribution in [2.75, 3.05) is 26.2 Å². The van der Waals surface area contributed by atoms with Gasteiger partial charge in [-0.25, -0.2) is 0 Å². The van der Waals surface area contributed by atoms with Crippen LogP contribution in [0.3, 0.4) is 0 Å². The van der Waals surface area contributed by atoms with Gasteiger partial charge in [-0.2, -0.15) is 17.0 Å². The van der Waals surface area contributed by atoms with E-state index in [1.165, 1.54) is 8.61 Å². The van der Waals surface area contributed by atoms with E-state index in [0.29, 0.717) is 25.8 Å². The largest absolute Gasteiger partial charge is 0.481 e. The molecule has 0 aliphatic carbocycles. The number of hydrogen-bond acceptors (Lipinski definition) is 4. The lowest BCUT2D eigenvalue weighted by atomic mass is 9.99. The SMILES string of the molecule is CCC1C(=O)NCCN1S(=O)(=O)N1CCC(C(=O)O)CC1. The number of carbonyl (C=O) groups excluding carboxylic acids is 1. The summed E-state index contributed by atoms with van der Waals surface area (Å²) in [5.41, 5.74) is 0. The fourth-order valence-electron chi connectivity index (χ4n) is 2.84.